The highest BCUT2D eigenvalue weighted by Gasteiger charge is 2.20. The Balaban J connectivity index is 1.11. The summed E-state index contributed by atoms with van der Waals surface area (Å²) in [6.45, 7) is 0. The van der Waals surface area contributed by atoms with Gasteiger partial charge in [-0.1, -0.05) is 121 Å². The molecule has 8 aromatic carbocycles. The molecule has 0 unspecified atom stereocenters. The third-order valence-corrected chi connectivity index (χ3v) is 12.0. The van der Waals surface area contributed by atoms with Crippen LogP contribution in [0.5, 0.6) is 0 Å². The van der Waals surface area contributed by atoms with E-state index in [1.165, 1.54) is 41.8 Å². The number of hydrogen-bond acceptors (Lipinski definition) is 5. The highest BCUT2D eigenvalue weighted by molar-refractivity contribution is 7.25. The highest BCUT2D eigenvalue weighted by atomic mass is 32.1. The fourth-order valence-corrected chi connectivity index (χ4v) is 9.50. The monoisotopic (exact) mass is 720 g/mol. The van der Waals surface area contributed by atoms with Gasteiger partial charge in [0.15, 0.2) is 17.5 Å². The van der Waals surface area contributed by atoms with E-state index < -0.39 is 0 Å². The van der Waals surface area contributed by atoms with Gasteiger partial charge in [0.2, 0.25) is 0 Å². The Morgan fingerprint density at radius 1 is 0.436 bits per heavy atom. The first-order chi connectivity index (χ1) is 27.2. The van der Waals surface area contributed by atoms with Gasteiger partial charge in [-0.15, -0.1) is 11.3 Å². The van der Waals surface area contributed by atoms with Gasteiger partial charge in [-0.05, 0) is 53.9 Å². The van der Waals surface area contributed by atoms with Crippen LogP contribution < -0.4 is 0 Å². The standard InChI is InChI=1S/C49H28N4OS/c1-2-14-33-29(11-1)23-26-37-34-15-3-6-19-40(34)53(46(33)37)32-13-9-12-30(27-32)47-50-48(31-24-25-36-35-16-4-7-20-41(35)54-42(36)28-31)52-49(51-47)39-18-10-22-44-45(39)38-17-5-8-21-43(38)55-44/h1-28H. The fourth-order valence-electron chi connectivity index (χ4n) is 8.36. The quantitative estimate of drug-likeness (QED) is 0.182. The molecule has 4 aromatic heterocycles. The third-order valence-electron chi connectivity index (χ3n) is 10.8. The minimum atomic E-state index is 0.590. The number of benzene rings is 8. The van der Waals surface area contributed by atoms with Crippen LogP contribution in [0.4, 0.5) is 0 Å². The second-order valence-corrected chi connectivity index (χ2v) is 15.1. The van der Waals surface area contributed by atoms with Crippen molar-refractivity contribution in [2.45, 2.75) is 0 Å². The number of para-hydroxylation sites is 2. The van der Waals surface area contributed by atoms with Gasteiger partial charge in [-0.2, -0.15) is 0 Å². The molecule has 0 aliphatic carbocycles. The number of furan rings is 1. The molecule has 6 heteroatoms. The maximum absolute atomic E-state index is 6.33. The SMILES string of the molecule is c1cc(-c2nc(-c3ccc4c(c3)oc3ccccc34)nc(-c3cccc4sc5ccccc5c34)n2)cc(-n2c3ccccc3c3ccc4ccccc4c32)c1. The van der Waals surface area contributed by atoms with Crippen LogP contribution in [-0.4, -0.2) is 19.5 Å². The molecule has 0 spiro atoms. The normalized spacial score (nSPS) is 12.0. The molecule has 12 aromatic rings. The Kier molecular flexibility index (Phi) is 6.44. The van der Waals surface area contributed by atoms with Gasteiger partial charge in [0.1, 0.15) is 11.2 Å². The molecule has 12 rings (SSSR count). The largest absolute Gasteiger partial charge is 0.456 e. The Morgan fingerprint density at radius 2 is 1.11 bits per heavy atom. The minimum Gasteiger partial charge on any atom is -0.456 e. The van der Waals surface area contributed by atoms with Crippen molar-refractivity contribution >= 4 is 86.0 Å². The molecule has 0 aliphatic rings. The molecular formula is C49H28N4OS. The molecule has 55 heavy (non-hydrogen) atoms. The Hall–Kier alpha value is -7.15. The van der Waals surface area contributed by atoms with Gasteiger partial charge >= 0.3 is 0 Å². The van der Waals surface area contributed by atoms with Crippen molar-refractivity contribution < 1.29 is 4.42 Å². The topological polar surface area (TPSA) is 56.7 Å². The van der Waals surface area contributed by atoms with Crippen molar-refractivity contribution in [3.05, 3.63) is 170 Å². The molecule has 4 heterocycles. The summed E-state index contributed by atoms with van der Waals surface area (Å²) < 4.78 is 11.1. The third kappa shape index (κ3) is 4.62. The van der Waals surface area contributed by atoms with Gasteiger partial charge in [0, 0.05) is 69.5 Å². The van der Waals surface area contributed by atoms with Crippen LogP contribution in [0.15, 0.2) is 174 Å². The number of rotatable bonds is 4. The summed E-state index contributed by atoms with van der Waals surface area (Å²) in [4.78, 5) is 15.7. The molecule has 0 saturated heterocycles. The first-order valence-corrected chi connectivity index (χ1v) is 19.2. The van der Waals surface area contributed by atoms with Gasteiger partial charge in [0.25, 0.3) is 0 Å². The van der Waals surface area contributed by atoms with Crippen LogP contribution in [0.25, 0.3) is 115 Å². The summed E-state index contributed by atoms with van der Waals surface area (Å²) in [6, 6.07) is 59.7. The number of thiophene rings is 1. The molecule has 0 N–H and O–H groups in total. The van der Waals surface area contributed by atoms with Crippen LogP contribution in [0.1, 0.15) is 0 Å². The average Bonchev–Trinajstić information content (AvgIpc) is 3.93. The van der Waals surface area contributed by atoms with Crippen molar-refractivity contribution in [1.82, 2.24) is 19.5 Å². The Bertz CT molecular complexity index is 3520. The molecule has 0 fully saturated rings. The summed E-state index contributed by atoms with van der Waals surface area (Å²) in [7, 11) is 0. The van der Waals surface area contributed by atoms with Crippen molar-refractivity contribution in [3.8, 4) is 39.9 Å². The van der Waals surface area contributed by atoms with E-state index in [2.05, 4.69) is 156 Å². The molecule has 0 bridgehead atoms. The Morgan fingerprint density at radius 3 is 2.02 bits per heavy atom. The zero-order valence-electron chi connectivity index (χ0n) is 29.3. The molecular weight excluding hydrogens is 693 g/mol. The smallest absolute Gasteiger partial charge is 0.164 e. The first-order valence-electron chi connectivity index (χ1n) is 18.4. The van der Waals surface area contributed by atoms with Crippen LogP contribution in [0.2, 0.25) is 0 Å². The van der Waals surface area contributed by atoms with Gasteiger partial charge < -0.3 is 8.98 Å². The predicted molar refractivity (Wildman–Crippen MR) is 228 cm³/mol. The summed E-state index contributed by atoms with van der Waals surface area (Å²) >= 11 is 1.79. The van der Waals surface area contributed by atoms with E-state index in [9.17, 15) is 0 Å². The predicted octanol–water partition coefficient (Wildman–Crippen LogP) is 13.4. The lowest BCUT2D eigenvalue weighted by molar-refractivity contribution is 0.669. The fraction of sp³-hybridized carbons (Fsp3) is 0. The van der Waals surface area contributed by atoms with Crippen molar-refractivity contribution in [2.24, 2.45) is 0 Å². The van der Waals surface area contributed by atoms with Crippen LogP contribution in [-0.2, 0) is 0 Å². The second kappa shape index (κ2) is 11.7. The van der Waals surface area contributed by atoms with Crippen LogP contribution >= 0.6 is 11.3 Å². The zero-order valence-corrected chi connectivity index (χ0v) is 30.1. The van der Waals surface area contributed by atoms with Crippen molar-refractivity contribution in [2.75, 3.05) is 0 Å². The number of nitrogens with zero attached hydrogens (tertiary/aromatic N) is 4. The lowest BCUT2D eigenvalue weighted by Crippen LogP contribution is -2.01. The average molecular weight is 721 g/mol. The summed E-state index contributed by atoms with van der Waals surface area (Å²) in [6.07, 6.45) is 0. The summed E-state index contributed by atoms with van der Waals surface area (Å²) in [5, 5.41) is 9.37. The number of fused-ring (bicyclic) bond motifs is 11. The molecule has 0 aliphatic heterocycles. The van der Waals surface area contributed by atoms with E-state index in [-0.39, 0.29) is 0 Å². The van der Waals surface area contributed by atoms with Crippen LogP contribution in [0, 0.1) is 0 Å². The van der Waals surface area contributed by atoms with Gasteiger partial charge in [0.05, 0.1) is 11.0 Å². The van der Waals surface area contributed by atoms with Crippen molar-refractivity contribution in [1.29, 1.82) is 0 Å². The van der Waals surface area contributed by atoms with E-state index in [4.69, 9.17) is 19.4 Å². The van der Waals surface area contributed by atoms with Crippen molar-refractivity contribution in [3.63, 3.8) is 0 Å². The molecule has 5 nitrogen and oxygen atoms in total. The van der Waals surface area contributed by atoms with Gasteiger partial charge in [-0.25, -0.2) is 15.0 Å². The first kappa shape index (κ1) is 30.3. The molecule has 0 atom stereocenters. The maximum atomic E-state index is 6.33. The minimum absolute atomic E-state index is 0.590. The number of hydrogen-bond donors (Lipinski definition) is 0. The summed E-state index contributed by atoms with van der Waals surface area (Å²) in [5.41, 5.74) is 7.78. The van der Waals surface area contributed by atoms with E-state index >= 15 is 0 Å². The summed E-state index contributed by atoms with van der Waals surface area (Å²) in [5.74, 6) is 1.83. The zero-order chi connectivity index (χ0) is 36.0. The molecule has 256 valence electrons. The Labute approximate surface area is 318 Å². The molecule has 0 radical (unpaired) electrons. The van der Waals surface area contributed by atoms with E-state index in [0.29, 0.717) is 17.5 Å². The number of aromatic nitrogens is 4. The second-order valence-electron chi connectivity index (χ2n) is 14.0. The lowest BCUT2D eigenvalue weighted by atomic mass is 10.1. The molecule has 0 saturated carbocycles. The van der Waals surface area contributed by atoms with E-state index in [1.54, 1.807) is 11.3 Å². The molecule has 0 amide bonds. The highest BCUT2D eigenvalue weighted by Crippen LogP contribution is 2.41. The van der Waals surface area contributed by atoms with E-state index in [0.717, 1.165) is 55.2 Å². The van der Waals surface area contributed by atoms with Gasteiger partial charge in [-0.3, -0.25) is 0 Å². The van der Waals surface area contributed by atoms with E-state index in [1.807, 2.05) is 18.2 Å². The van der Waals surface area contributed by atoms with Crippen LogP contribution in [0.3, 0.4) is 0 Å². The lowest BCUT2D eigenvalue weighted by Gasteiger charge is -2.13. The maximum Gasteiger partial charge on any atom is 0.164 e.